The zero-order chi connectivity index (χ0) is 16.5. The monoisotopic (exact) mass is 327 g/mol. The van der Waals surface area contributed by atoms with E-state index in [1.165, 1.54) is 4.88 Å². The van der Waals surface area contributed by atoms with Crippen molar-refractivity contribution < 1.29 is 0 Å². The average molecular weight is 327 g/mol. The van der Waals surface area contributed by atoms with E-state index in [9.17, 15) is 0 Å². The highest BCUT2D eigenvalue weighted by atomic mass is 32.1. The Labute approximate surface area is 141 Å². The molecular formula is C17H21N5S. The molecule has 0 spiro atoms. The molecule has 2 aromatic rings. The molecule has 1 heterocycles. The molecule has 0 aliphatic carbocycles. The maximum absolute atomic E-state index is 8.81. The van der Waals surface area contributed by atoms with E-state index in [1.807, 2.05) is 37.4 Å². The number of aryl methyl sites for hydroxylation is 1. The normalized spacial score (nSPS) is 11.1. The van der Waals surface area contributed by atoms with Crippen LogP contribution < -0.4 is 10.6 Å². The Morgan fingerprint density at radius 1 is 1.30 bits per heavy atom. The van der Waals surface area contributed by atoms with Gasteiger partial charge >= 0.3 is 0 Å². The molecule has 6 heteroatoms. The Kier molecular flexibility index (Phi) is 6.57. The van der Waals surface area contributed by atoms with Crippen molar-refractivity contribution in [3.63, 3.8) is 0 Å². The second-order valence-electron chi connectivity index (χ2n) is 5.05. The van der Waals surface area contributed by atoms with E-state index in [1.54, 1.807) is 11.3 Å². The molecule has 0 fully saturated rings. The highest BCUT2D eigenvalue weighted by molar-refractivity contribution is 7.11. The van der Waals surface area contributed by atoms with Crippen LogP contribution >= 0.6 is 11.3 Å². The summed E-state index contributed by atoms with van der Waals surface area (Å²) < 4.78 is 0. The van der Waals surface area contributed by atoms with Crippen molar-refractivity contribution in [3.05, 3.63) is 51.5 Å². The van der Waals surface area contributed by atoms with E-state index in [0.29, 0.717) is 12.1 Å². The molecule has 5 nitrogen and oxygen atoms in total. The molecule has 0 saturated carbocycles. The number of hydrogen-bond donors (Lipinski definition) is 2. The lowest BCUT2D eigenvalue weighted by molar-refractivity contribution is 0.796. The van der Waals surface area contributed by atoms with Crippen molar-refractivity contribution in [2.45, 2.75) is 26.8 Å². The molecular weight excluding hydrogens is 306 g/mol. The summed E-state index contributed by atoms with van der Waals surface area (Å²) in [7, 11) is 0. The van der Waals surface area contributed by atoms with Crippen molar-refractivity contribution in [2.75, 3.05) is 13.1 Å². The Bertz CT molecular complexity index is 682. The van der Waals surface area contributed by atoms with Gasteiger partial charge in [0.25, 0.3) is 0 Å². The number of nitrogens with zero attached hydrogens (tertiary/aromatic N) is 3. The molecule has 0 unspecified atom stereocenters. The smallest absolute Gasteiger partial charge is 0.191 e. The standard InChI is InChI=1S/C17H21N5S/c1-3-19-17(20-9-8-16-21-11-13(2)23-16)22-12-15-6-4-14(10-18)5-7-15/h4-7,11H,3,8-9,12H2,1-2H3,(H2,19,20,22). The third-order valence-corrected chi connectivity index (χ3v) is 4.12. The molecule has 120 valence electrons. The van der Waals surface area contributed by atoms with Crippen LogP contribution in [0.5, 0.6) is 0 Å². The van der Waals surface area contributed by atoms with Gasteiger partial charge in [0, 0.05) is 30.6 Å². The van der Waals surface area contributed by atoms with Gasteiger partial charge in [-0.05, 0) is 31.5 Å². The van der Waals surface area contributed by atoms with E-state index >= 15 is 0 Å². The first-order valence-corrected chi connectivity index (χ1v) is 8.45. The third kappa shape index (κ3) is 5.72. The molecule has 0 aliphatic heterocycles. The molecule has 0 bridgehead atoms. The van der Waals surface area contributed by atoms with E-state index in [0.717, 1.165) is 36.0 Å². The van der Waals surface area contributed by atoms with Gasteiger partial charge in [-0.2, -0.15) is 5.26 Å². The first-order valence-electron chi connectivity index (χ1n) is 7.63. The Hall–Kier alpha value is -2.39. The summed E-state index contributed by atoms with van der Waals surface area (Å²) in [5.74, 6) is 0.796. The summed E-state index contributed by atoms with van der Waals surface area (Å²) >= 11 is 1.73. The molecule has 0 aliphatic rings. The highest BCUT2D eigenvalue weighted by Gasteiger charge is 2.01. The lowest BCUT2D eigenvalue weighted by Gasteiger charge is -2.10. The van der Waals surface area contributed by atoms with Crippen LogP contribution in [0.15, 0.2) is 35.5 Å². The summed E-state index contributed by atoms with van der Waals surface area (Å²) in [6, 6.07) is 9.62. The van der Waals surface area contributed by atoms with Crippen LogP contribution in [0.2, 0.25) is 0 Å². The topological polar surface area (TPSA) is 73.1 Å². The van der Waals surface area contributed by atoms with Crippen LogP contribution in [-0.2, 0) is 13.0 Å². The second-order valence-corrected chi connectivity index (χ2v) is 6.36. The van der Waals surface area contributed by atoms with E-state index in [-0.39, 0.29) is 0 Å². The zero-order valence-electron chi connectivity index (χ0n) is 13.5. The van der Waals surface area contributed by atoms with Crippen molar-refractivity contribution >= 4 is 17.3 Å². The lowest BCUT2D eigenvalue weighted by atomic mass is 10.1. The van der Waals surface area contributed by atoms with Crippen LogP contribution in [-0.4, -0.2) is 24.0 Å². The minimum absolute atomic E-state index is 0.581. The Balaban J connectivity index is 1.87. The molecule has 1 aromatic heterocycles. The van der Waals surface area contributed by atoms with E-state index in [2.05, 4.69) is 33.6 Å². The number of thiazole rings is 1. The van der Waals surface area contributed by atoms with Gasteiger partial charge in [0.1, 0.15) is 0 Å². The third-order valence-electron chi connectivity index (χ3n) is 3.15. The first-order chi connectivity index (χ1) is 11.2. The Morgan fingerprint density at radius 3 is 2.70 bits per heavy atom. The minimum atomic E-state index is 0.581. The van der Waals surface area contributed by atoms with Crippen molar-refractivity contribution in [1.82, 2.24) is 15.6 Å². The van der Waals surface area contributed by atoms with Crippen LogP contribution in [0.1, 0.15) is 27.9 Å². The van der Waals surface area contributed by atoms with Crippen molar-refractivity contribution in [1.29, 1.82) is 5.26 Å². The SMILES string of the molecule is CCNC(=NCc1ccc(C#N)cc1)NCCc1ncc(C)s1. The van der Waals surface area contributed by atoms with Gasteiger partial charge in [-0.25, -0.2) is 9.98 Å². The van der Waals surface area contributed by atoms with Crippen LogP contribution in [0, 0.1) is 18.3 Å². The van der Waals surface area contributed by atoms with Crippen LogP contribution in [0.25, 0.3) is 0 Å². The fourth-order valence-electron chi connectivity index (χ4n) is 2.00. The number of guanidine groups is 1. The number of aromatic nitrogens is 1. The largest absolute Gasteiger partial charge is 0.357 e. The summed E-state index contributed by atoms with van der Waals surface area (Å²) in [5, 5.41) is 16.5. The number of hydrogen-bond acceptors (Lipinski definition) is 4. The number of nitrogens with one attached hydrogen (secondary N) is 2. The molecule has 0 atom stereocenters. The second kappa shape index (κ2) is 8.91. The van der Waals surface area contributed by atoms with Gasteiger partial charge in [0.2, 0.25) is 0 Å². The van der Waals surface area contributed by atoms with Crippen molar-refractivity contribution in [2.24, 2.45) is 4.99 Å². The number of aliphatic imine (C=N–C) groups is 1. The van der Waals surface area contributed by atoms with Crippen LogP contribution in [0.3, 0.4) is 0 Å². The fourth-order valence-corrected chi connectivity index (χ4v) is 2.79. The summed E-state index contributed by atoms with van der Waals surface area (Å²) in [6.45, 7) is 6.31. The first kappa shape index (κ1) is 17.0. The van der Waals surface area contributed by atoms with E-state index in [4.69, 9.17) is 5.26 Å². The predicted octanol–water partition coefficient (Wildman–Crippen LogP) is 2.62. The summed E-state index contributed by atoms with van der Waals surface area (Å²) in [5.41, 5.74) is 1.75. The lowest BCUT2D eigenvalue weighted by Crippen LogP contribution is -2.38. The minimum Gasteiger partial charge on any atom is -0.357 e. The van der Waals surface area contributed by atoms with Crippen LogP contribution in [0.4, 0.5) is 0 Å². The molecule has 23 heavy (non-hydrogen) atoms. The molecule has 0 saturated heterocycles. The van der Waals surface area contributed by atoms with Gasteiger partial charge in [-0.1, -0.05) is 12.1 Å². The molecule has 0 amide bonds. The average Bonchev–Trinajstić information content (AvgIpc) is 2.98. The molecule has 0 radical (unpaired) electrons. The molecule has 1 aromatic carbocycles. The number of nitriles is 1. The van der Waals surface area contributed by atoms with Gasteiger partial charge < -0.3 is 10.6 Å². The maximum Gasteiger partial charge on any atom is 0.191 e. The predicted molar refractivity (Wildman–Crippen MR) is 94.5 cm³/mol. The highest BCUT2D eigenvalue weighted by Crippen LogP contribution is 2.10. The Morgan fingerprint density at radius 2 is 2.09 bits per heavy atom. The number of benzene rings is 1. The van der Waals surface area contributed by atoms with Crippen molar-refractivity contribution in [3.8, 4) is 6.07 Å². The molecule has 2 rings (SSSR count). The van der Waals surface area contributed by atoms with E-state index < -0.39 is 0 Å². The number of rotatable bonds is 6. The van der Waals surface area contributed by atoms with Gasteiger partial charge in [0.05, 0.1) is 23.2 Å². The summed E-state index contributed by atoms with van der Waals surface area (Å²) in [4.78, 5) is 10.2. The quantitative estimate of drug-likeness (QED) is 0.632. The zero-order valence-corrected chi connectivity index (χ0v) is 14.3. The van der Waals surface area contributed by atoms with Gasteiger partial charge in [-0.3, -0.25) is 0 Å². The summed E-state index contributed by atoms with van der Waals surface area (Å²) in [6.07, 6.45) is 2.80. The molecule has 2 N–H and O–H groups in total. The fraction of sp³-hybridized carbons (Fsp3) is 0.353. The maximum atomic E-state index is 8.81. The van der Waals surface area contributed by atoms with Gasteiger partial charge in [0.15, 0.2) is 5.96 Å². The van der Waals surface area contributed by atoms with Gasteiger partial charge in [-0.15, -0.1) is 11.3 Å².